The molecule has 1 aromatic carbocycles. The summed E-state index contributed by atoms with van der Waals surface area (Å²) in [5.41, 5.74) is 1.51. The molecule has 0 spiro atoms. The standard InChI is InChI=1S/C16H26ClN/c1-5-10-18-12-16(4,13(2)3)11-14-8-6-7-9-15(14)17/h6-9,13,18H,5,10-12H2,1-4H3. The number of rotatable bonds is 7. The molecular formula is C16H26ClN. The summed E-state index contributed by atoms with van der Waals surface area (Å²) >= 11 is 6.28. The molecule has 0 heterocycles. The van der Waals surface area contributed by atoms with Gasteiger partial charge in [-0.3, -0.25) is 0 Å². The highest BCUT2D eigenvalue weighted by atomic mass is 35.5. The quantitative estimate of drug-likeness (QED) is 0.715. The van der Waals surface area contributed by atoms with Crippen molar-refractivity contribution in [2.75, 3.05) is 13.1 Å². The van der Waals surface area contributed by atoms with E-state index in [0.29, 0.717) is 5.92 Å². The van der Waals surface area contributed by atoms with Gasteiger partial charge in [0, 0.05) is 11.6 Å². The van der Waals surface area contributed by atoms with Crippen LogP contribution in [-0.4, -0.2) is 13.1 Å². The number of hydrogen-bond acceptors (Lipinski definition) is 1. The molecule has 1 aromatic rings. The first-order chi connectivity index (χ1) is 8.49. The second-order valence-electron chi connectivity index (χ2n) is 5.75. The summed E-state index contributed by atoms with van der Waals surface area (Å²) in [4.78, 5) is 0. The van der Waals surface area contributed by atoms with Gasteiger partial charge >= 0.3 is 0 Å². The molecule has 0 saturated heterocycles. The number of nitrogens with one attached hydrogen (secondary N) is 1. The van der Waals surface area contributed by atoms with E-state index in [1.807, 2.05) is 12.1 Å². The fourth-order valence-corrected chi connectivity index (χ4v) is 2.30. The van der Waals surface area contributed by atoms with Crippen molar-refractivity contribution in [3.05, 3.63) is 34.9 Å². The Morgan fingerprint density at radius 3 is 2.50 bits per heavy atom. The van der Waals surface area contributed by atoms with Crippen LogP contribution in [0.3, 0.4) is 0 Å². The highest BCUT2D eigenvalue weighted by Gasteiger charge is 2.28. The molecule has 18 heavy (non-hydrogen) atoms. The van der Waals surface area contributed by atoms with Crippen LogP contribution in [0, 0.1) is 11.3 Å². The number of hydrogen-bond donors (Lipinski definition) is 1. The maximum Gasteiger partial charge on any atom is 0.0438 e. The van der Waals surface area contributed by atoms with E-state index >= 15 is 0 Å². The summed E-state index contributed by atoms with van der Waals surface area (Å²) in [5.74, 6) is 0.623. The first-order valence-corrected chi connectivity index (χ1v) is 7.31. The van der Waals surface area contributed by atoms with E-state index < -0.39 is 0 Å². The average molecular weight is 268 g/mol. The highest BCUT2D eigenvalue weighted by Crippen LogP contribution is 2.33. The van der Waals surface area contributed by atoms with E-state index in [1.165, 1.54) is 12.0 Å². The Kier molecular flexibility index (Phi) is 6.17. The monoisotopic (exact) mass is 267 g/mol. The summed E-state index contributed by atoms with van der Waals surface area (Å²) < 4.78 is 0. The summed E-state index contributed by atoms with van der Waals surface area (Å²) in [5, 5.41) is 4.44. The van der Waals surface area contributed by atoms with Gasteiger partial charge in [-0.15, -0.1) is 0 Å². The molecular weight excluding hydrogens is 242 g/mol. The van der Waals surface area contributed by atoms with Crippen molar-refractivity contribution in [2.24, 2.45) is 11.3 Å². The molecule has 0 bridgehead atoms. The first-order valence-electron chi connectivity index (χ1n) is 6.93. The molecule has 1 unspecified atom stereocenters. The first kappa shape index (κ1) is 15.5. The molecule has 0 fully saturated rings. The zero-order valence-corrected chi connectivity index (χ0v) is 12.8. The summed E-state index contributed by atoms with van der Waals surface area (Å²) in [6.07, 6.45) is 2.21. The van der Waals surface area contributed by atoms with Crippen molar-refractivity contribution < 1.29 is 0 Å². The SMILES string of the molecule is CCCNCC(C)(Cc1ccccc1Cl)C(C)C. The van der Waals surface area contributed by atoms with Gasteiger partial charge in [0.1, 0.15) is 0 Å². The molecule has 2 heteroatoms. The minimum absolute atomic E-state index is 0.250. The molecule has 1 atom stereocenters. The van der Waals surface area contributed by atoms with E-state index in [0.717, 1.165) is 24.5 Å². The van der Waals surface area contributed by atoms with Gasteiger partial charge in [-0.25, -0.2) is 0 Å². The zero-order valence-electron chi connectivity index (χ0n) is 12.1. The van der Waals surface area contributed by atoms with Gasteiger partial charge in [-0.1, -0.05) is 57.5 Å². The largest absolute Gasteiger partial charge is 0.316 e. The van der Waals surface area contributed by atoms with Gasteiger partial charge < -0.3 is 5.32 Å². The van der Waals surface area contributed by atoms with Crippen molar-refractivity contribution in [1.82, 2.24) is 5.32 Å². The fraction of sp³-hybridized carbons (Fsp3) is 0.625. The Morgan fingerprint density at radius 1 is 1.28 bits per heavy atom. The Morgan fingerprint density at radius 2 is 1.94 bits per heavy atom. The van der Waals surface area contributed by atoms with E-state index in [4.69, 9.17) is 11.6 Å². The molecule has 0 saturated carbocycles. The number of benzene rings is 1. The van der Waals surface area contributed by atoms with Crippen LogP contribution < -0.4 is 5.32 Å². The molecule has 0 aliphatic heterocycles. The lowest BCUT2D eigenvalue weighted by atomic mass is 9.74. The smallest absolute Gasteiger partial charge is 0.0438 e. The fourth-order valence-electron chi connectivity index (χ4n) is 2.10. The second kappa shape index (κ2) is 7.16. The van der Waals surface area contributed by atoms with Crippen LogP contribution in [0.5, 0.6) is 0 Å². The average Bonchev–Trinajstić information content (AvgIpc) is 2.32. The molecule has 102 valence electrons. The second-order valence-corrected chi connectivity index (χ2v) is 6.16. The molecule has 0 radical (unpaired) electrons. The Bertz CT molecular complexity index is 362. The van der Waals surface area contributed by atoms with Crippen molar-refractivity contribution in [2.45, 2.75) is 40.5 Å². The third-order valence-electron chi connectivity index (χ3n) is 3.90. The predicted octanol–water partition coefficient (Wildman–Crippen LogP) is 4.54. The molecule has 1 rings (SSSR count). The highest BCUT2D eigenvalue weighted by molar-refractivity contribution is 6.31. The van der Waals surface area contributed by atoms with Crippen LogP contribution in [0.25, 0.3) is 0 Å². The Hall–Kier alpha value is -0.530. The van der Waals surface area contributed by atoms with E-state index in [-0.39, 0.29) is 5.41 Å². The minimum Gasteiger partial charge on any atom is -0.316 e. The third-order valence-corrected chi connectivity index (χ3v) is 4.27. The third kappa shape index (κ3) is 4.29. The lowest BCUT2D eigenvalue weighted by Gasteiger charge is -2.34. The van der Waals surface area contributed by atoms with Gasteiger partial charge in [-0.05, 0) is 42.3 Å². The lowest BCUT2D eigenvalue weighted by Crippen LogP contribution is -2.38. The molecule has 0 aromatic heterocycles. The van der Waals surface area contributed by atoms with E-state index in [2.05, 4.69) is 45.1 Å². The molecule has 1 nitrogen and oxygen atoms in total. The van der Waals surface area contributed by atoms with Crippen LogP contribution in [-0.2, 0) is 6.42 Å². The van der Waals surface area contributed by atoms with Gasteiger partial charge in [0.25, 0.3) is 0 Å². The van der Waals surface area contributed by atoms with Crippen molar-refractivity contribution in [1.29, 1.82) is 0 Å². The van der Waals surface area contributed by atoms with E-state index in [9.17, 15) is 0 Å². The van der Waals surface area contributed by atoms with Crippen molar-refractivity contribution >= 4 is 11.6 Å². The van der Waals surface area contributed by atoms with Gasteiger partial charge in [0.05, 0.1) is 0 Å². The molecule has 0 aliphatic rings. The zero-order chi connectivity index (χ0) is 13.6. The van der Waals surface area contributed by atoms with Crippen LogP contribution in [0.4, 0.5) is 0 Å². The summed E-state index contributed by atoms with van der Waals surface area (Å²) in [6.45, 7) is 11.3. The van der Waals surface area contributed by atoms with Crippen LogP contribution in [0.15, 0.2) is 24.3 Å². The summed E-state index contributed by atoms with van der Waals surface area (Å²) in [6, 6.07) is 8.19. The minimum atomic E-state index is 0.250. The topological polar surface area (TPSA) is 12.0 Å². The van der Waals surface area contributed by atoms with Gasteiger partial charge in [0.2, 0.25) is 0 Å². The maximum absolute atomic E-state index is 6.28. The van der Waals surface area contributed by atoms with Gasteiger partial charge in [0.15, 0.2) is 0 Å². The van der Waals surface area contributed by atoms with Crippen molar-refractivity contribution in [3.63, 3.8) is 0 Å². The lowest BCUT2D eigenvalue weighted by molar-refractivity contribution is 0.208. The van der Waals surface area contributed by atoms with Crippen molar-refractivity contribution in [3.8, 4) is 0 Å². The number of halogens is 1. The maximum atomic E-state index is 6.28. The van der Waals surface area contributed by atoms with Gasteiger partial charge in [-0.2, -0.15) is 0 Å². The predicted molar refractivity (Wildman–Crippen MR) is 81.3 cm³/mol. The van der Waals surface area contributed by atoms with Crippen LogP contribution in [0.1, 0.15) is 39.7 Å². The van der Waals surface area contributed by atoms with Crippen LogP contribution in [0.2, 0.25) is 5.02 Å². The molecule has 1 N–H and O–H groups in total. The summed E-state index contributed by atoms with van der Waals surface area (Å²) in [7, 11) is 0. The molecule has 0 aliphatic carbocycles. The van der Waals surface area contributed by atoms with E-state index in [1.54, 1.807) is 0 Å². The molecule has 0 amide bonds. The van der Waals surface area contributed by atoms with Crippen LogP contribution >= 0.6 is 11.6 Å². The Balaban J connectivity index is 2.76. The Labute approximate surface area is 117 Å². The normalized spacial score (nSPS) is 14.8.